The van der Waals surface area contributed by atoms with Crippen LogP contribution in [0.5, 0.6) is 5.75 Å². The minimum absolute atomic E-state index is 0. The number of benzene rings is 1. The van der Waals surface area contributed by atoms with Crippen LogP contribution in [0.3, 0.4) is 0 Å². The number of methoxy groups -OCH3 is 1. The number of nitrogens with one attached hydrogen (secondary N) is 2. The molecule has 0 aliphatic carbocycles. The number of rotatable bonds is 11. The summed E-state index contributed by atoms with van der Waals surface area (Å²) in [7, 11) is 1.70. The first-order chi connectivity index (χ1) is 13.7. The van der Waals surface area contributed by atoms with Crippen LogP contribution in [0.25, 0.3) is 0 Å². The van der Waals surface area contributed by atoms with Crippen LogP contribution in [-0.4, -0.2) is 76.6 Å². The van der Waals surface area contributed by atoms with Crippen molar-refractivity contribution in [1.82, 2.24) is 15.5 Å². The second-order valence-corrected chi connectivity index (χ2v) is 6.92. The van der Waals surface area contributed by atoms with Gasteiger partial charge in [-0.15, -0.1) is 24.0 Å². The monoisotopic (exact) mass is 520 g/mol. The molecule has 1 aromatic carbocycles. The Hall–Kier alpha value is -1.10. The molecule has 1 heterocycles. The van der Waals surface area contributed by atoms with E-state index in [0.717, 1.165) is 63.1 Å². The summed E-state index contributed by atoms with van der Waals surface area (Å²) in [4.78, 5) is 7.18. The molecule has 1 aromatic rings. The van der Waals surface area contributed by atoms with Crippen LogP contribution in [0.4, 0.5) is 0 Å². The van der Waals surface area contributed by atoms with Gasteiger partial charge in [-0.3, -0.25) is 4.90 Å². The topological polar surface area (TPSA) is 67.4 Å². The van der Waals surface area contributed by atoms with Gasteiger partial charge in [-0.2, -0.15) is 0 Å². The molecule has 0 saturated carbocycles. The fourth-order valence-corrected chi connectivity index (χ4v) is 3.03. The molecule has 1 saturated heterocycles. The molecule has 0 amide bonds. The molecule has 7 nitrogen and oxygen atoms in total. The summed E-state index contributed by atoms with van der Waals surface area (Å²) in [6.45, 7) is 11.6. The molecule has 1 fully saturated rings. The molecule has 0 aromatic heterocycles. The van der Waals surface area contributed by atoms with Crippen molar-refractivity contribution in [2.75, 3.05) is 59.7 Å². The van der Waals surface area contributed by atoms with Crippen LogP contribution in [0.2, 0.25) is 0 Å². The highest BCUT2D eigenvalue weighted by Gasteiger charge is 2.16. The van der Waals surface area contributed by atoms with E-state index in [4.69, 9.17) is 19.2 Å². The Morgan fingerprint density at radius 1 is 1.24 bits per heavy atom. The third-order valence-electron chi connectivity index (χ3n) is 4.66. The van der Waals surface area contributed by atoms with Crippen molar-refractivity contribution in [3.8, 4) is 5.75 Å². The van der Waals surface area contributed by atoms with Gasteiger partial charge in [0.25, 0.3) is 0 Å². The van der Waals surface area contributed by atoms with Gasteiger partial charge in [-0.25, -0.2) is 4.99 Å². The summed E-state index contributed by atoms with van der Waals surface area (Å²) in [6.07, 6.45) is 0.884. The van der Waals surface area contributed by atoms with E-state index < -0.39 is 0 Å². The van der Waals surface area contributed by atoms with E-state index in [1.54, 1.807) is 7.11 Å². The molecule has 29 heavy (non-hydrogen) atoms. The molecular weight excluding hydrogens is 483 g/mol. The first-order valence-corrected chi connectivity index (χ1v) is 10.3. The Bertz CT molecular complexity index is 583. The van der Waals surface area contributed by atoms with E-state index in [2.05, 4.69) is 41.5 Å². The predicted octanol–water partition coefficient (Wildman–Crippen LogP) is 2.50. The quantitative estimate of drug-likeness (QED) is 0.202. The molecule has 0 spiro atoms. The van der Waals surface area contributed by atoms with E-state index in [1.807, 2.05) is 12.1 Å². The minimum atomic E-state index is 0. The lowest BCUT2D eigenvalue weighted by molar-refractivity contribution is 0.0211. The second kappa shape index (κ2) is 15.7. The molecule has 2 rings (SSSR count). The average Bonchev–Trinajstić information content (AvgIpc) is 2.74. The Morgan fingerprint density at radius 2 is 2.03 bits per heavy atom. The Labute approximate surface area is 192 Å². The van der Waals surface area contributed by atoms with Gasteiger partial charge in [0.05, 0.1) is 26.4 Å². The molecule has 1 atom stereocenters. The van der Waals surface area contributed by atoms with Gasteiger partial charge in [-0.1, -0.05) is 12.1 Å². The van der Waals surface area contributed by atoms with Gasteiger partial charge in [0.1, 0.15) is 5.75 Å². The maximum absolute atomic E-state index is 5.77. The van der Waals surface area contributed by atoms with Crippen molar-refractivity contribution in [2.24, 2.45) is 4.99 Å². The highest BCUT2D eigenvalue weighted by atomic mass is 127. The zero-order valence-corrected chi connectivity index (χ0v) is 20.3. The normalized spacial score (nSPS) is 16.0. The summed E-state index contributed by atoms with van der Waals surface area (Å²) >= 11 is 0. The van der Waals surface area contributed by atoms with Gasteiger partial charge in [-0.05, 0) is 31.5 Å². The number of aliphatic imine (C=N–C) groups is 1. The average molecular weight is 520 g/mol. The van der Waals surface area contributed by atoms with Crippen LogP contribution in [-0.2, 0) is 16.0 Å². The Balaban J connectivity index is 0.00000420. The molecule has 166 valence electrons. The fourth-order valence-electron chi connectivity index (χ4n) is 3.03. The number of nitrogens with zero attached hydrogens (tertiary/aromatic N) is 2. The van der Waals surface area contributed by atoms with Crippen molar-refractivity contribution >= 4 is 29.9 Å². The maximum Gasteiger partial charge on any atom is 0.191 e. The molecule has 1 aliphatic heterocycles. The van der Waals surface area contributed by atoms with E-state index >= 15 is 0 Å². The van der Waals surface area contributed by atoms with Crippen LogP contribution in [0, 0.1) is 0 Å². The highest BCUT2D eigenvalue weighted by Crippen LogP contribution is 2.14. The number of ether oxygens (including phenoxy) is 3. The number of halogens is 1. The molecule has 1 unspecified atom stereocenters. The van der Waals surface area contributed by atoms with Crippen molar-refractivity contribution in [3.05, 3.63) is 29.8 Å². The Kier molecular flexibility index (Phi) is 14.0. The van der Waals surface area contributed by atoms with Crippen LogP contribution < -0.4 is 15.4 Å². The number of morpholine rings is 1. The minimum Gasteiger partial charge on any atom is -0.493 e. The zero-order valence-electron chi connectivity index (χ0n) is 18.0. The SMILES string of the molecule is CCNC(=NCc1cccc(OCCCOC)c1)NCC(C)N1CCOCC1.I. The standard InChI is InChI=1S/C21H36N4O3.HI/c1-4-22-21(23-16-18(2)25-9-13-27-14-10-25)24-17-19-7-5-8-20(15-19)28-12-6-11-26-3;/h5,7-8,15,18H,4,6,9-14,16-17H2,1-3H3,(H2,22,23,24);1H. The summed E-state index contributed by atoms with van der Waals surface area (Å²) in [5.41, 5.74) is 1.13. The summed E-state index contributed by atoms with van der Waals surface area (Å²) in [5.74, 6) is 1.72. The zero-order chi connectivity index (χ0) is 20.0. The second-order valence-electron chi connectivity index (χ2n) is 6.92. The lowest BCUT2D eigenvalue weighted by Gasteiger charge is -2.32. The number of guanidine groups is 1. The van der Waals surface area contributed by atoms with Gasteiger partial charge in [0.2, 0.25) is 0 Å². The maximum atomic E-state index is 5.77. The van der Waals surface area contributed by atoms with Crippen molar-refractivity contribution in [2.45, 2.75) is 32.9 Å². The van der Waals surface area contributed by atoms with Crippen LogP contribution in [0.15, 0.2) is 29.3 Å². The van der Waals surface area contributed by atoms with Crippen molar-refractivity contribution < 1.29 is 14.2 Å². The van der Waals surface area contributed by atoms with Gasteiger partial charge in [0.15, 0.2) is 5.96 Å². The van der Waals surface area contributed by atoms with Crippen LogP contribution in [0.1, 0.15) is 25.8 Å². The summed E-state index contributed by atoms with van der Waals surface area (Å²) in [6, 6.07) is 8.56. The first kappa shape index (κ1) is 25.9. The first-order valence-electron chi connectivity index (χ1n) is 10.3. The molecule has 8 heteroatoms. The predicted molar refractivity (Wildman–Crippen MR) is 129 cm³/mol. The third kappa shape index (κ3) is 10.5. The highest BCUT2D eigenvalue weighted by molar-refractivity contribution is 14.0. The molecule has 1 aliphatic rings. The molecule has 0 bridgehead atoms. The van der Waals surface area contributed by atoms with E-state index in [9.17, 15) is 0 Å². The van der Waals surface area contributed by atoms with Crippen molar-refractivity contribution in [1.29, 1.82) is 0 Å². The van der Waals surface area contributed by atoms with E-state index in [0.29, 0.717) is 25.8 Å². The lowest BCUT2D eigenvalue weighted by Crippen LogP contribution is -2.49. The van der Waals surface area contributed by atoms with Gasteiger partial charge < -0.3 is 24.8 Å². The van der Waals surface area contributed by atoms with Gasteiger partial charge >= 0.3 is 0 Å². The Morgan fingerprint density at radius 3 is 2.76 bits per heavy atom. The third-order valence-corrected chi connectivity index (χ3v) is 4.66. The van der Waals surface area contributed by atoms with Gasteiger partial charge in [0, 0.05) is 52.4 Å². The number of hydrogen-bond acceptors (Lipinski definition) is 5. The van der Waals surface area contributed by atoms with E-state index in [-0.39, 0.29) is 24.0 Å². The molecule has 2 N–H and O–H groups in total. The summed E-state index contributed by atoms with van der Waals surface area (Å²) in [5, 5.41) is 6.79. The lowest BCUT2D eigenvalue weighted by atomic mass is 10.2. The number of hydrogen-bond donors (Lipinski definition) is 2. The van der Waals surface area contributed by atoms with E-state index in [1.165, 1.54) is 0 Å². The van der Waals surface area contributed by atoms with Crippen LogP contribution >= 0.6 is 24.0 Å². The molecular formula is C21H37IN4O3. The van der Waals surface area contributed by atoms with Crippen molar-refractivity contribution in [3.63, 3.8) is 0 Å². The fraction of sp³-hybridized carbons (Fsp3) is 0.667. The molecule has 0 radical (unpaired) electrons. The summed E-state index contributed by atoms with van der Waals surface area (Å²) < 4.78 is 16.3. The largest absolute Gasteiger partial charge is 0.493 e. The smallest absolute Gasteiger partial charge is 0.191 e.